The molecule has 0 spiro atoms. The van der Waals surface area contributed by atoms with E-state index in [1.165, 1.54) is 5.39 Å². The smallest absolute Gasteiger partial charge is 0.147 e. The second kappa shape index (κ2) is 6.99. The number of hydrogen-bond donors (Lipinski definition) is 1. The molecule has 2 aromatic rings. The summed E-state index contributed by atoms with van der Waals surface area (Å²) in [6.07, 6.45) is 4.98. The monoisotopic (exact) mass is 286 g/mol. The Balaban J connectivity index is 2.06. The van der Waals surface area contributed by atoms with Gasteiger partial charge in [0.2, 0.25) is 0 Å². The summed E-state index contributed by atoms with van der Waals surface area (Å²) in [5, 5.41) is 12.6. The van der Waals surface area contributed by atoms with Crippen molar-refractivity contribution in [2.24, 2.45) is 0 Å². The standard InChI is InChI=1S/C21H18O/c22-21-15-6-4-2-1-3-5-11-19(21)16-18-13-9-12-17-10-7-8-14-20(17)18/h7-10,12-14,16,21-22H,1-4H2/b19-16+. The van der Waals surface area contributed by atoms with Gasteiger partial charge in [0, 0.05) is 18.4 Å². The zero-order valence-corrected chi connectivity index (χ0v) is 12.5. The van der Waals surface area contributed by atoms with E-state index in [9.17, 15) is 5.11 Å². The molecule has 0 saturated heterocycles. The zero-order valence-electron chi connectivity index (χ0n) is 12.5. The average Bonchev–Trinajstić information content (AvgIpc) is 2.56. The highest BCUT2D eigenvalue weighted by atomic mass is 16.3. The molecule has 22 heavy (non-hydrogen) atoms. The van der Waals surface area contributed by atoms with Crippen molar-refractivity contribution >= 4 is 16.8 Å². The SMILES string of the molecule is OC1C#CCCCCC#C/C1=C\c1cccc2ccccc12. The van der Waals surface area contributed by atoms with Gasteiger partial charge in [-0.05, 0) is 35.3 Å². The normalized spacial score (nSPS) is 19.9. The van der Waals surface area contributed by atoms with Gasteiger partial charge in [-0.2, -0.15) is 0 Å². The predicted molar refractivity (Wildman–Crippen MR) is 92.0 cm³/mol. The Morgan fingerprint density at radius 2 is 1.73 bits per heavy atom. The van der Waals surface area contributed by atoms with Crippen LogP contribution in [0.5, 0.6) is 0 Å². The summed E-state index contributed by atoms with van der Waals surface area (Å²) in [6.45, 7) is 0. The van der Waals surface area contributed by atoms with Crippen molar-refractivity contribution in [3.63, 3.8) is 0 Å². The van der Waals surface area contributed by atoms with Gasteiger partial charge in [-0.25, -0.2) is 0 Å². The second-order valence-electron chi connectivity index (χ2n) is 5.40. The van der Waals surface area contributed by atoms with E-state index in [0.29, 0.717) is 5.57 Å². The Morgan fingerprint density at radius 1 is 0.955 bits per heavy atom. The largest absolute Gasteiger partial charge is 0.375 e. The number of fused-ring (bicyclic) bond motifs is 1. The zero-order chi connectivity index (χ0) is 15.2. The molecule has 1 aliphatic carbocycles. The molecule has 0 amide bonds. The molecule has 3 rings (SSSR count). The van der Waals surface area contributed by atoms with E-state index in [-0.39, 0.29) is 0 Å². The summed E-state index contributed by atoms with van der Waals surface area (Å²) >= 11 is 0. The molecule has 0 saturated carbocycles. The van der Waals surface area contributed by atoms with Crippen LogP contribution in [0.25, 0.3) is 16.8 Å². The third-order valence-corrected chi connectivity index (χ3v) is 3.75. The summed E-state index contributed by atoms with van der Waals surface area (Å²) in [6, 6.07) is 14.4. The van der Waals surface area contributed by atoms with Gasteiger partial charge in [-0.15, -0.1) is 5.92 Å². The maximum absolute atomic E-state index is 10.3. The molecule has 1 atom stereocenters. The van der Waals surface area contributed by atoms with Crippen LogP contribution in [0.1, 0.15) is 31.2 Å². The summed E-state index contributed by atoms with van der Waals surface area (Å²) in [4.78, 5) is 0. The summed E-state index contributed by atoms with van der Waals surface area (Å²) in [5.74, 6) is 12.2. The van der Waals surface area contributed by atoms with Gasteiger partial charge < -0.3 is 5.11 Å². The van der Waals surface area contributed by atoms with Crippen molar-refractivity contribution in [3.8, 4) is 23.7 Å². The summed E-state index contributed by atoms with van der Waals surface area (Å²) < 4.78 is 0. The molecule has 0 bridgehead atoms. The Kier molecular flexibility index (Phi) is 4.59. The van der Waals surface area contributed by atoms with E-state index >= 15 is 0 Å². The molecule has 108 valence electrons. The van der Waals surface area contributed by atoms with Crippen LogP contribution in [0, 0.1) is 23.7 Å². The van der Waals surface area contributed by atoms with Crippen molar-refractivity contribution < 1.29 is 5.11 Å². The first-order chi connectivity index (χ1) is 10.8. The lowest BCUT2D eigenvalue weighted by molar-refractivity contribution is 0.274. The molecule has 2 aromatic carbocycles. The molecule has 0 fully saturated rings. The van der Waals surface area contributed by atoms with Gasteiger partial charge in [0.05, 0.1) is 0 Å². The fourth-order valence-electron chi connectivity index (χ4n) is 2.57. The molecule has 1 N–H and O–H groups in total. The minimum Gasteiger partial charge on any atom is -0.375 e. The van der Waals surface area contributed by atoms with Crippen LogP contribution in [0.15, 0.2) is 48.0 Å². The number of aliphatic hydroxyl groups excluding tert-OH is 1. The molecule has 0 aromatic heterocycles. The third kappa shape index (κ3) is 3.40. The first-order valence-corrected chi connectivity index (χ1v) is 7.69. The Bertz CT molecular complexity index is 816. The van der Waals surface area contributed by atoms with Gasteiger partial charge in [0.25, 0.3) is 0 Å². The van der Waals surface area contributed by atoms with E-state index in [0.717, 1.165) is 36.6 Å². The van der Waals surface area contributed by atoms with Gasteiger partial charge in [0.1, 0.15) is 6.10 Å². The minimum absolute atomic E-state index is 0.686. The fraction of sp³-hybridized carbons (Fsp3) is 0.238. The van der Waals surface area contributed by atoms with E-state index in [2.05, 4.69) is 47.9 Å². The lowest BCUT2D eigenvalue weighted by atomic mass is 10.00. The maximum atomic E-state index is 10.3. The first kappa shape index (κ1) is 14.5. The van der Waals surface area contributed by atoms with Crippen molar-refractivity contribution in [2.75, 3.05) is 0 Å². The van der Waals surface area contributed by atoms with Crippen LogP contribution < -0.4 is 0 Å². The van der Waals surface area contributed by atoms with Crippen LogP contribution in [0.2, 0.25) is 0 Å². The lowest BCUT2D eigenvalue weighted by Gasteiger charge is -2.07. The Morgan fingerprint density at radius 3 is 2.64 bits per heavy atom. The van der Waals surface area contributed by atoms with Crippen LogP contribution >= 0.6 is 0 Å². The molecular weight excluding hydrogens is 268 g/mol. The molecule has 1 heteroatoms. The molecule has 1 nitrogen and oxygen atoms in total. The lowest BCUT2D eigenvalue weighted by Crippen LogP contribution is -2.06. The van der Waals surface area contributed by atoms with Gasteiger partial charge in [-0.3, -0.25) is 0 Å². The highest BCUT2D eigenvalue weighted by molar-refractivity contribution is 5.91. The van der Waals surface area contributed by atoms with Crippen molar-refractivity contribution in [1.29, 1.82) is 0 Å². The van der Waals surface area contributed by atoms with Crippen LogP contribution in [0.4, 0.5) is 0 Å². The fourth-order valence-corrected chi connectivity index (χ4v) is 2.57. The topological polar surface area (TPSA) is 20.2 Å². The number of hydrogen-bond acceptors (Lipinski definition) is 1. The first-order valence-electron chi connectivity index (χ1n) is 7.69. The highest BCUT2D eigenvalue weighted by Crippen LogP contribution is 2.21. The van der Waals surface area contributed by atoms with Gasteiger partial charge >= 0.3 is 0 Å². The summed E-state index contributed by atoms with van der Waals surface area (Å²) in [7, 11) is 0. The summed E-state index contributed by atoms with van der Waals surface area (Å²) in [5.41, 5.74) is 1.76. The van der Waals surface area contributed by atoms with Crippen LogP contribution in [-0.2, 0) is 0 Å². The van der Waals surface area contributed by atoms with Crippen molar-refractivity contribution in [3.05, 3.63) is 53.6 Å². The molecule has 1 aliphatic rings. The maximum Gasteiger partial charge on any atom is 0.147 e. The second-order valence-corrected chi connectivity index (χ2v) is 5.40. The molecule has 0 radical (unpaired) electrons. The van der Waals surface area contributed by atoms with Crippen molar-refractivity contribution in [1.82, 2.24) is 0 Å². The Hall–Kier alpha value is -2.48. The van der Waals surface area contributed by atoms with Gasteiger partial charge in [-0.1, -0.05) is 60.2 Å². The van der Waals surface area contributed by atoms with Gasteiger partial charge in [0.15, 0.2) is 0 Å². The number of rotatable bonds is 1. The highest BCUT2D eigenvalue weighted by Gasteiger charge is 2.07. The van der Waals surface area contributed by atoms with Crippen LogP contribution in [0.3, 0.4) is 0 Å². The number of benzene rings is 2. The van der Waals surface area contributed by atoms with Crippen LogP contribution in [-0.4, -0.2) is 11.2 Å². The van der Waals surface area contributed by atoms with E-state index < -0.39 is 6.10 Å². The Labute approximate surface area is 131 Å². The molecule has 0 heterocycles. The molecular formula is C21H18O. The minimum atomic E-state index is -0.801. The van der Waals surface area contributed by atoms with Crippen molar-refractivity contribution in [2.45, 2.75) is 31.8 Å². The molecule has 1 unspecified atom stereocenters. The van der Waals surface area contributed by atoms with E-state index in [1.807, 2.05) is 24.3 Å². The van der Waals surface area contributed by atoms with E-state index in [1.54, 1.807) is 0 Å². The quantitative estimate of drug-likeness (QED) is 0.780. The number of aliphatic hydroxyl groups is 1. The predicted octanol–water partition coefficient (Wildman–Crippen LogP) is 4.16. The average molecular weight is 286 g/mol. The third-order valence-electron chi connectivity index (χ3n) is 3.75. The van der Waals surface area contributed by atoms with E-state index in [4.69, 9.17) is 0 Å². The molecule has 0 aliphatic heterocycles.